The highest BCUT2D eigenvalue weighted by Crippen LogP contribution is 2.15. The number of nitriles is 1. The quantitative estimate of drug-likeness (QED) is 0.780. The summed E-state index contributed by atoms with van der Waals surface area (Å²) < 4.78 is 5.44. The molecule has 0 heterocycles. The van der Waals surface area contributed by atoms with E-state index in [1.807, 2.05) is 48.5 Å². The van der Waals surface area contributed by atoms with Crippen LogP contribution in [0.25, 0.3) is 0 Å². The number of anilines is 1. The summed E-state index contributed by atoms with van der Waals surface area (Å²) in [5.74, 6) is 0.847. The van der Waals surface area contributed by atoms with Crippen LogP contribution in [0, 0.1) is 11.3 Å². The van der Waals surface area contributed by atoms with Crippen molar-refractivity contribution in [2.24, 2.45) is 0 Å². The van der Waals surface area contributed by atoms with E-state index in [9.17, 15) is 0 Å². The predicted octanol–water partition coefficient (Wildman–Crippen LogP) is 3.93. The minimum atomic E-state index is 0.451. The van der Waals surface area contributed by atoms with Crippen LogP contribution in [0.5, 0.6) is 5.75 Å². The van der Waals surface area contributed by atoms with Gasteiger partial charge in [0.2, 0.25) is 0 Å². The van der Waals surface area contributed by atoms with Crippen molar-refractivity contribution in [3.05, 3.63) is 72.3 Å². The second-order valence-electron chi connectivity index (χ2n) is 4.63. The molecule has 0 spiro atoms. The Balaban J connectivity index is 1.87. The lowest BCUT2D eigenvalue weighted by atomic mass is 10.1. The molecule has 0 fully saturated rings. The summed E-state index contributed by atoms with van der Waals surface area (Å²) in [5.41, 5.74) is 3.26. The summed E-state index contributed by atoms with van der Waals surface area (Å²) in [6.07, 6.45) is 2.18. The van der Waals surface area contributed by atoms with Crippen LogP contribution in [0.1, 0.15) is 11.1 Å². The molecule has 0 aliphatic rings. The number of hydrogen-bond donors (Lipinski definition) is 1. The Hall–Kier alpha value is -2.73. The van der Waals surface area contributed by atoms with Gasteiger partial charge in [-0.3, -0.25) is 0 Å². The predicted molar refractivity (Wildman–Crippen MR) is 85.2 cm³/mol. The van der Waals surface area contributed by atoms with Gasteiger partial charge in [-0.15, -0.1) is 0 Å². The SMILES string of the molecule is C=CCOc1ccc(CNc2ccc(CC#N)cc2)cc1. The van der Waals surface area contributed by atoms with Gasteiger partial charge in [0.1, 0.15) is 12.4 Å². The van der Waals surface area contributed by atoms with Crippen molar-refractivity contribution in [3.8, 4) is 11.8 Å². The lowest BCUT2D eigenvalue weighted by Crippen LogP contribution is -2.00. The van der Waals surface area contributed by atoms with Gasteiger partial charge < -0.3 is 10.1 Å². The normalized spacial score (nSPS) is 9.67. The molecule has 0 aliphatic heterocycles. The summed E-state index contributed by atoms with van der Waals surface area (Å²) in [6.45, 7) is 4.89. The fraction of sp³-hybridized carbons (Fsp3) is 0.167. The van der Waals surface area contributed by atoms with E-state index >= 15 is 0 Å². The van der Waals surface area contributed by atoms with Gasteiger partial charge in [-0.1, -0.05) is 36.9 Å². The zero-order valence-corrected chi connectivity index (χ0v) is 11.9. The van der Waals surface area contributed by atoms with Gasteiger partial charge in [0, 0.05) is 12.2 Å². The highest BCUT2D eigenvalue weighted by atomic mass is 16.5. The van der Waals surface area contributed by atoms with E-state index in [0.717, 1.165) is 23.5 Å². The minimum Gasteiger partial charge on any atom is -0.490 e. The molecule has 3 heteroatoms. The number of nitrogens with zero attached hydrogens (tertiary/aromatic N) is 1. The first-order chi connectivity index (χ1) is 10.3. The van der Waals surface area contributed by atoms with Gasteiger partial charge in [-0.2, -0.15) is 5.26 Å². The minimum absolute atomic E-state index is 0.451. The largest absolute Gasteiger partial charge is 0.490 e. The summed E-state index contributed by atoms with van der Waals surface area (Å²) in [7, 11) is 0. The molecule has 0 saturated carbocycles. The third-order valence-electron chi connectivity index (χ3n) is 3.02. The van der Waals surface area contributed by atoms with E-state index in [-0.39, 0.29) is 0 Å². The van der Waals surface area contributed by atoms with Gasteiger partial charge in [0.05, 0.1) is 12.5 Å². The van der Waals surface area contributed by atoms with Crippen molar-refractivity contribution in [2.45, 2.75) is 13.0 Å². The Kier molecular flexibility index (Phi) is 5.42. The first-order valence-corrected chi connectivity index (χ1v) is 6.84. The first-order valence-electron chi connectivity index (χ1n) is 6.84. The van der Waals surface area contributed by atoms with Crippen molar-refractivity contribution < 1.29 is 4.74 Å². The van der Waals surface area contributed by atoms with Gasteiger partial charge in [0.25, 0.3) is 0 Å². The third-order valence-corrected chi connectivity index (χ3v) is 3.02. The maximum absolute atomic E-state index is 8.64. The maximum atomic E-state index is 8.64. The van der Waals surface area contributed by atoms with Crippen LogP contribution in [0.4, 0.5) is 5.69 Å². The van der Waals surface area contributed by atoms with Gasteiger partial charge in [0.15, 0.2) is 0 Å². The Bertz CT molecular complexity index is 609. The van der Waals surface area contributed by atoms with Gasteiger partial charge >= 0.3 is 0 Å². The first kappa shape index (κ1) is 14.7. The van der Waals surface area contributed by atoms with Crippen molar-refractivity contribution in [1.29, 1.82) is 5.26 Å². The Morgan fingerprint density at radius 2 is 1.71 bits per heavy atom. The molecule has 2 aromatic rings. The van der Waals surface area contributed by atoms with Crippen molar-refractivity contribution in [3.63, 3.8) is 0 Å². The van der Waals surface area contributed by atoms with Crippen molar-refractivity contribution >= 4 is 5.69 Å². The van der Waals surface area contributed by atoms with Crippen LogP contribution in [-0.2, 0) is 13.0 Å². The number of hydrogen-bond acceptors (Lipinski definition) is 3. The number of benzene rings is 2. The van der Waals surface area contributed by atoms with Gasteiger partial charge in [-0.05, 0) is 35.4 Å². The molecule has 0 radical (unpaired) electrons. The van der Waals surface area contributed by atoms with E-state index in [2.05, 4.69) is 18.0 Å². The standard InChI is InChI=1S/C18H18N2O/c1-2-13-21-18-9-5-16(6-10-18)14-20-17-7-3-15(4-8-17)11-12-19/h2-10,20H,1,11,13-14H2. The van der Waals surface area contributed by atoms with Crippen LogP contribution in [0.15, 0.2) is 61.2 Å². The molecule has 0 bridgehead atoms. The van der Waals surface area contributed by atoms with Crippen molar-refractivity contribution in [1.82, 2.24) is 0 Å². The molecule has 2 rings (SSSR count). The van der Waals surface area contributed by atoms with Crippen LogP contribution in [-0.4, -0.2) is 6.61 Å². The smallest absolute Gasteiger partial charge is 0.119 e. The summed E-state index contributed by atoms with van der Waals surface area (Å²) in [5, 5.41) is 12.0. The van der Waals surface area contributed by atoms with Crippen molar-refractivity contribution in [2.75, 3.05) is 11.9 Å². The topological polar surface area (TPSA) is 45.0 Å². The molecule has 0 atom stereocenters. The average Bonchev–Trinajstić information content (AvgIpc) is 2.53. The zero-order valence-electron chi connectivity index (χ0n) is 11.9. The fourth-order valence-electron chi connectivity index (χ4n) is 1.89. The van der Waals surface area contributed by atoms with E-state index in [0.29, 0.717) is 13.0 Å². The number of ether oxygens (including phenoxy) is 1. The Morgan fingerprint density at radius 3 is 2.33 bits per heavy atom. The molecule has 0 amide bonds. The second kappa shape index (κ2) is 7.76. The Morgan fingerprint density at radius 1 is 1.05 bits per heavy atom. The van der Waals surface area contributed by atoms with E-state index in [1.54, 1.807) is 6.08 Å². The zero-order chi connectivity index (χ0) is 14.9. The number of nitrogens with one attached hydrogen (secondary N) is 1. The molecule has 2 aromatic carbocycles. The lowest BCUT2D eigenvalue weighted by Gasteiger charge is -2.08. The number of rotatable bonds is 7. The second-order valence-corrected chi connectivity index (χ2v) is 4.63. The van der Waals surface area contributed by atoms with E-state index in [4.69, 9.17) is 10.00 Å². The van der Waals surface area contributed by atoms with Crippen LogP contribution in [0.2, 0.25) is 0 Å². The van der Waals surface area contributed by atoms with Crippen LogP contribution < -0.4 is 10.1 Å². The molecule has 1 N–H and O–H groups in total. The molecule has 106 valence electrons. The van der Waals surface area contributed by atoms with E-state index < -0.39 is 0 Å². The third kappa shape index (κ3) is 4.70. The molecule has 3 nitrogen and oxygen atoms in total. The molecular formula is C18H18N2O. The summed E-state index contributed by atoms with van der Waals surface area (Å²) >= 11 is 0. The van der Waals surface area contributed by atoms with E-state index in [1.165, 1.54) is 5.56 Å². The fourth-order valence-corrected chi connectivity index (χ4v) is 1.89. The maximum Gasteiger partial charge on any atom is 0.119 e. The highest BCUT2D eigenvalue weighted by molar-refractivity contribution is 5.45. The Labute approximate surface area is 125 Å². The molecule has 0 aromatic heterocycles. The van der Waals surface area contributed by atoms with Crippen LogP contribution in [0.3, 0.4) is 0 Å². The molecule has 21 heavy (non-hydrogen) atoms. The molecule has 0 saturated heterocycles. The monoisotopic (exact) mass is 278 g/mol. The average molecular weight is 278 g/mol. The van der Waals surface area contributed by atoms with Gasteiger partial charge in [-0.25, -0.2) is 0 Å². The highest BCUT2D eigenvalue weighted by Gasteiger charge is 1.97. The molecule has 0 unspecified atom stereocenters. The summed E-state index contributed by atoms with van der Waals surface area (Å²) in [4.78, 5) is 0. The summed E-state index contributed by atoms with van der Waals surface area (Å²) in [6, 6.07) is 18.1. The lowest BCUT2D eigenvalue weighted by molar-refractivity contribution is 0.363. The molecule has 0 aliphatic carbocycles. The van der Waals surface area contributed by atoms with Crippen LogP contribution >= 0.6 is 0 Å². The molecular weight excluding hydrogens is 260 g/mol.